The summed E-state index contributed by atoms with van der Waals surface area (Å²) in [4.78, 5) is 27.0. The van der Waals surface area contributed by atoms with E-state index in [1.807, 2.05) is 31.2 Å². The molecule has 1 atom stereocenters. The first kappa shape index (κ1) is 20.0. The first-order valence-corrected chi connectivity index (χ1v) is 9.17. The van der Waals surface area contributed by atoms with E-state index in [-0.39, 0.29) is 6.03 Å². The van der Waals surface area contributed by atoms with Gasteiger partial charge >= 0.3 is 12.0 Å². The summed E-state index contributed by atoms with van der Waals surface area (Å²) in [6.07, 6.45) is 2.02. The average Bonchev–Trinajstić information content (AvgIpc) is 2.61. The summed E-state index contributed by atoms with van der Waals surface area (Å²) in [6, 6.07) is 6.99. The molecule has 1 aliphatic heterocycles. The summed E-state index contributed by atoms with van der Waals surface area (Å²) >= 11 is 0. The van der Waals surface area contributed by atoms with Crippen LogP contribution in [0.4, 0.5) is 4.79 Å². The fraction of sp³-hybridized carbons (Fsp3) is 0.500. The van der Waals surface area contributed by atoms with Crippen molar-refractivity contribution in [1.29, 1.82) is 0 Å². The molecule has 0 saturated heterocycles. The van der Waals surface area contributed by atoms with Gasteiger partial charge in [-0.15, -0.1) is 0 Å². The molecule has 1 aromatic rings. The van der Waals surface area contributed by atoms with Gasteiger partial charge < -0.3 is 15.4 Å². The van der Waals surface area contributed by atoms with Crippen LogP contribution in [0.2, 0.25) is 0 Å². The third kappa shape index (κ3) is 4.85. The van der Waals surface area contributed by atoms with Crippen LogP contribution in [0.25, 0.3) is 0 Å². The Morgan fingerprint density at radius 3 is 2.31 bits per heavy atom. The molecule has 0 aromatic heterocycles. The molecule has 1 heterocycles. The maximum Gasteiger partial charge on any atom is 0.338 e. The number of urea groups is 1. The van der Waals surface area contributed by atoms with Gasteiger partial charge in [0.2, 0.25) is 0 Å². The molecule has 6 heteroatoms. The van der Waals surface area contributed by atoms with Crippen LogP contribution in [0.1, 0.15) is 43.9 Å². The zero-order chi connectivity index (χ0) is 19.1. The Morgan fingerprint density at radius 2 is 1.77 bits per heavy atom. The summed E-state index contributed by atoms with van der Waals surface area (Å²) in [6.45, 7) is 8.57. The molecule has 0 radical (unpaired) electrons. The minimum Gasteiger partial charge on any atom is -0.466 e. The molecule has 0 spiro atoms. The van der Waals surface area contributed by atoms with Gasteiger partial charge in [0.05, 0.1) is 18.7 Å². The van der Waals surface area contributed by atoms with Gasteiger partial charge in [-0.25, -0.2) is 9.59 Å². The first-order chi connectivity index (χ1) is 12.5. The summed E-state index contributed by atoms with van der Waals surface area (Å²) in [7, 11) is 1.37. The minimum atomic E-state index is -0.517. The van der Waals surface area contributed by atoms with E-state index in [4.69, 9.17) is 4.74 Å². The Bertz CT molecular complexity index is 661. The van der Waals surface area contributed by atoms with E-state index >= 15 is 0 Å². The fourth-order valence-corrected chi connectivity index (χ4v) is 3.23. The lowest BCUT2D eigenvalue weighted by Crippen LogP contribution is -2.48. The van der Waals surface area contributed by atoms with Crippen molar-refractivity contribution < 1.29 is 14.3 Å². The van der Waals surface area contributed by atoms with Crippen LogP contribution in [0.15, 0.2) is 35.5 Å². The highest BCUT2D eigenvalue weighted by Crippen LogP contribution is 2.28. The van der Waals surface area contributed by atoms with Gasteiger partial charge in [-0.2, -0.15) is 0 Å². The Balaban J connectivity index is 2.44. The lowest BCUT2D eigenvalue weighted by atomic mass is 9.94. The number of ether oxygens (including phenoxy) is 1. The molecule has 6 nitrogen and oxygen atoms in total. The largest absolute Gasteiger partial charge is 0.466 e. The van der Waals surface area contributed by atoms with Gasteiger partial charge in [-0.3, -0.25) is 4.90 Å². The molecule has 0 fully saturated rings. The second-order valence-corrected chi connectivity index (χ2v) is 6.60. The molecule has 0 unspecified atom stereocenters. The predicted octanol–water partition coefficient (Wildman–Crippen LogP) is 2.90. The number of nitrogens with zero attached hydrogens (tertiary/aromatic N) is 1. The van der Waals surface area contributed by atoms with Gasteiger partial charge in [0.15, 0.2) is 0 Å². The van der Waals surface area contributed by atoms with Crippen molar-refractivity contribution in [1.82, 2.24) is 15.5 Å². The van der Waals surface area contributed by atoms with Crippen LogP contribution >= 0.6 is 0 Å². The fourth-order valence-electron chi connectivity index (χ4n) is 3.23. The molecule has 2 N–H and O–H groups in total. The summed E-state index contributed by atoms with van der Waals surface area (Å²) in [5.41, 5.74) is 3.07. The maximum atomic E-state index is 12.5. The number of methoxy groups -OCH3 is 1. The molecule has 2 rings (SSSR count). The van der Waals surface area contributed by atoms with Crippen molar-refractivity contribution in [2.75, 3.05) is 26.7 Å². The van der Waals surface area contributed by atoms with Gasteiger partial charge in [0, 0.05) is 12.2 Å². The van der Waals surface area contributed by atoms with Gasteiger partial charge in [0.25, 0.3) is 0 Å². The quantitative estimate of drug-likeness (QED) is 0.700. The van der Waals surface area contributed by atoms with E-state index in [0.717, 1.165) is 37.1 Å². The van der Waals surface area contributed by atoms with Crippen molar-refractivity contribution in [3.63, 3.8) is 0 Å². The van der Waals surface area contributed by atoms with E-state index in [0.29, 0.717) is 17.8 Å². The van der Waals surface area contributed by atoms with Gasteiger partial charge in [-0.1, -0.05) is 43.7 Å². The van der Waals surface area contributed by atoms with Crippen molar-refractivity contribution in [3.8, 4) is 0 Å². The average molecular weight is 359 g/mol. The summed E-state index contributed by atoms with van der Waals surface area (Å²) < 4.78 is 5.03. The smallest absolute Gasteiger partial charge is 0.338 e. The first-order valence-electron chi connectivity index (χ1n) is 9.17. The van der Waals surface area contributed by atoms with E-state index in [9.17, 15) is 9.59 Å². The van der Waals surface area contributed by atoms with Crippen LogP contribution in [0.5, 0.6) is 0 Å². The molecule has 26 heavy (non-hydrogen) atoms. The van der Waals surface area contributed by atoms with Crippen molar-refractivity contribution >= 4 is 12.0 Å². The number of carbonyl (C=O) groups excluding carboxylic acids is 2. The normalized spacial score (nSPS) is 17.1. The number of benzene rings is 1. The molecule has 1 aliphatic rings. The second kappa shape index (κ2) is 9.38. The minimum absolute atomic E-state index is 0.300. The molecule has 0 saturated carbocycles. The summed E-state index contributed by atoms with van der Waals surface area (Å²) in [5, 5.41) is 5.68. The third-order valence-corrected chi connectivity index (χ3v) is 4.43. The molecule has 142 valence electrons. The molecule has 1 aromatic carbocycles. The van der Waals surface area contributed by atoms with Crippen molar-refractivity contribution in [3.05, 3.63) is 46.7 Å². The van der Waals surface area contributed by atoms with Crippen LogP contribution in [0, 0.1) is 6.92 Å². The van der Waals surface area contributed by atoms with E-state index in [2.05, 4.69) is 29.4 Å². The Kier molecular flexibility index (Phi) is 7.21. The standard InChI is InChI=1S/C20H29N3O3/c1-5-11-23(12-6-2)13-16-17(19(24)26-4)18(22-20(25)21-16)15-9-7-14(3)8-10-15/h7-10,18H,5-6,11-13H2,1-4H3,(H2,21,22,25)/t18-/m1/s1. The molecular formula is C20H29N3O3. The van der Waals surface area contributed by atoms with E-state index < -0.39 is 12.0 Å². The van der Waals surface area contributed by atoms with Crippen molar-refractivity contribution in [2.24, 2.45) is 0 Å². The molecule has 0 bridgehead atoms. The Labute approximate surface area is 155 Å². The zero-order valence-corrected chi connectivity index (χ0v) is 16.1. The molecule has 2 amide bonds. The van der Waals surface area contributed by atoms with Gasteiger partial charge in [0.1, 0.15) is 0 Å². The van der Waals surface area contributed by atoms with E-state index in [1.165, 1.54) is 7.11 Å². The van der Waals surface area contributed by atoms with Crippen LogP contribution in [-0.4, -0.2) is 43.6 Å². The molecule has 0 aliphatic carbocycles. The predicted molar refractivity (Wildman–Crippen MR) is 102 cm³/mol. The van der Waals surface area contributed by atoms with Crippen LogP contribution < -0.4 is 10.6 Å². The summed E-state index contributed by atoms with van der Waals surface area (Å²) in [5.74, 6) is -0.425. The highest BCUT2D eigenvalue weighted by atomic mass is 16.5. The van der Waals surface area contributed by atoms with Crippen LogP contribution in [0.3, 0.4) is 0 Å². The highest BCUT2D eigenvalue weighted by molar-refractivity contribution is 5.95. The maximum absolute atomic E-state index is 12.5. The Morgan fingerprint density at radius 1 is 1.15 bits per heavy atom. The van der Waals surface area contributed by atoms with E-state index in [1.54, 1.807) is 0 Å². The SMILES string of the molecule is CCCN(CCC)CC1=C(C(=O)OC)[C@@H](c2ccc(C)cc2)NC(=O)N1. The lowest BCUT2D eigenvalue weighted by molar-refractivity contribution is -0.136. The number of aryl methyl sites for hydroxylation is 1. The number of hydrogen-bond acceptors (Lipinski definition) is 4. The number of rotatable bonds is 8. The van der Waals surface area contributed by atoms with Gasteiger partial charge in [-0.05, 0) is 38.4 Å². The zero-order valence-electron chi connectivity index (χ0n) is 16.1. The number of hydrogen-bond donors (Lipinski definition) is 2. The van der Waals surface area contributed by atoms with Crippen LogP contribution in [-0.2, 0) is 9.53 Å². The van der Waals surface area contributed by atoms with Crippen molar-refractivity contribution in [2.45, 2.75) is 39.7 Å². The topological polar surface area (TPSA) is 70.7 Å². The second-order valence-electron chi connectivity index (χ2n) is 6.60. The highest BCUT2D eigenvalue weighted by Gasteiger charge is 2.33. The third-order valence-electron chi connectivity index (χ3n) is 4.43. The lowest BCUT2D eigenvalue weighted by Gasteiger charge is -2.32. The Hall–Kier alpha value is -2.34. The number of carbonyl (C=O) groups is 2. The monoisotopic (exact) mass is 359 g/mol. The number of nitrogens with one attached hydrogen (secondary N) is 2. The number of amides is 2. The molecular weight excluding hydrogens is 330 g/mol. The number of esters is 1.